The Morgan fingerprint density at radius 3 is 2.70 bits per heavy atom. The smallest absolute Gasteiger partial charge is 0.224 e. The number of thiazole rings is 1. The molecule has 0 atom stereocenters. The molecule has 2 aromatic rings. The fourth-order valence-electron chi connectivity index (χ4n) is 1.90. The second-order valence-corrected chi connectivity index (χ2v) is 6.90. The molecule has 0 aliphatic heterocycles. The van der Waals surface area contributed by atoms with Crippen molar-refractivity contribution in [3.63, 3.8) is 0 Å². The van der Waals surface area contributed by atoms with Crippen molar-refractivity contribution < 1.29 is 4.79 Å². The highest BCUT2D eigenvalue weighted by Gasteiger charge is 2.22. The number of carbonyl (C=O) groups excluding carboxylic acids is 1. The van der Waals surface area contributed by atoms with Gasteiger partial charge in [-0.3, -0.25) is 9.48 Å². The normalized spacial score (nSPS) is 11.3. The van der Waals surface area contributed by atoms with Crippen molar-refractivity contribution in [3.8, 4) is 0 Å². The minimum Gasteiger partial charge on any atom is -0.308 e. The summed E-state index contributed by atoms with van der Waals surface area (Å²) in [5, 5.41) is 5.18. The predicted molar refractivity (Wildman–Crippen MR) is 83.5 cm³/mol. The Morgan fingerprint density at radius 1 is 1.45 bits per heavy atom. The molecular weight excluding hydrogens is 340 g/mol. The van der Waals surface area contributed by atoms with Crippen LogP contribution in [0.3, 0.4) is 0 Å². The summed E-state index contributed by atoms with van der Waals surface area (Å²) in [7, 11) is 3.99. The quantitative estimate of drug-likeness (QED) is 0.772. The predicted octanol–water partition coefficient (Wildman–Crippen LogP) is 2.51. The number of ketones is 1. The number of aryl methyl sites for hydroxylation is 2. The van der Waals surface area contributed by atoms with Crippen LogP contribution in [0.15, 0.2) is 10.7 Å². The van der Waals surface area contributed by atoms with Crippen LogP contribution in [-0.4, -0.2) is 46.1 Å². The lowest BCUT2D eigenvalue weighted by Gasteiger charge is -2.11. The number of rotatable bonds is 5. The van der Waals surface area contributed by atoms with Gasteiger partial charge in [0.1, 0.15) is 5.69 Å². The molecule has 2 aromatic heterocycles. The van der Waals surface area contributed by atoms with Gasteiger partial charge in [0.25, 0.3) is 0 Å². The van der Waals surface area contributed by atoms with Gasteiger partial charge in [-0.25, -0.2) is 4.98 Å². The highest BCUT2D eigenvalue weighted by atomic mass is 79.9. The second kappa shape index (κ2) is 6.15. The maximum Gasteiger partial charge on any atom is 0.224 e. The van der Waals surface area contributed by atoms with Crippen molar-refractivity contribution in [2.75, 3.05) is 20.6 Å². The standard InChI is InChI=1S/C13H17BrN4OS/c1-8-13(20-9(2)16-8)12(19)11-10(14)7-15-18(11)6-5-17(3)4/h7H,5-6H2,1-4H3. The van der Waals surface area contributed by atoms with E-state index < -0.39 is 0 Å². The third-order valence-corrected chi connectivity index (χ3v) is 4.53. The van der Waals surface area contributed by atoms with Gasteiger partial charge in [0, 0.05) is 6.54 Å². The molecule has 2 heterocycles. The molecule has 0 amide bonds. The van der Waals surface area contributed by atoms with Gasteiger partial charge in [-0.05, 0) is 43.9 Å². The van der Waals surface area contributed by atoms with E-state index in [0.29, 0.717) is 17.1 Å². The Balaban J connectivity index is 2.34. The Labute approximate surface area is 130 Å². The lowest BCUT2D eigenvalue weighted by atomic mass is 10.2. The average Bonchev–Trinajstić information content (AvgIpc) is 2.89. The molecule has 0 spiro atoms. The molecular formula is C13H17BrN4OS. The first kappa shape index (κ1) is 15.3. The summed E-state index contributed by atoms with van der Waals surface area (Å²) >= 11 is 4.85. The van der Waals surface area contributed by atoms with E-state index in [1.807, 2.05) is 27.9 Å². The number of hydrogen-bond donors (Lipinski definition) is 0. The molecule has 20 heavy (non-hydrogen) atoms. The number of halogens is 1. The molecule has 7 heteroatoms. The van der Waals surface area contributed by atoms with Crippen LogP contribution in [0.5, 0.6) is 0 Å². The summed E-state index contributed by atoms with van der Waals surface area (Å²) in [5.41, 5.74) is 1.38. The van der Waals surface area contributed by atoms with Crippen LogP contribution in [0.1, 0.15) is 26.1 Å². The van der Waals surface area contributed by atoms with E-state index >= 15 is 0 Å². The van der Waals surface area contributed by atoms with E-state index in [-0.39, 0.29) is 5.78 Å². The first-order valence-corrected chi connectivity index (χ1v) is 7.86. The number of likely N-dealkylation sites (N-methyl/N-ethyl adjacent to an activating group) is 1. The molecule has 2 rings (SSSR count). The van der Waals surface area contributed by atoms with Crippen molar-refractivity contribution in [1.29, 1.82) is 0 Å². The van der Waals surface area contributed by atoms with Gasteiger partial charge in [0.15, 0.2) is 0 Å². The van der Waals surface area contributed by atoms with Crippen LogP contribution >= 0.6 is 27.3 Å². The summed E-state index contributed by atoms with van der Waals surface area (Å²) in [6.45, 7) is 5.28. The average molecular weight is 357 g/mol. The zero-order valence-electron chi connectivity index (χ0n) is 12.0. The summed E-state index contributed by atoms with van der Waals surface area (Å²) in [4.78, 5) is 19.8. The van der Waals surface area contributed by atoms with E-state index in [1.165, 1.54) is 11.3 Å². The largest absolute Gasteiger partial charge is 0.308 e. The van der Waals surface area contributed by atoms with E-state index in [1.54, 1.807) is 10.9 Å². The number of aromatic nitrogens is 3. The van der Waals surface area contributed by atoms with E-state index in [0.717, 1.165) is 21.7 Å². The molecule has 0 unspecified atom stereocenters. The maximum atomic E-state index is 12.7. The molecule has 5 nitrogen and oxygen atoms in total. The van der Waals surface area contributed by atoms with E-state index in [2.05, 4.69) is 30.9 Å². The molecule has 0 aliphatic carbocycles. The molecule has 0 aliphatic rings. The van der Waals surface area contributed by atoms with Crippen LogP contribution < -0.4 is 0 Å². The Hall–Kier alpha value is -1.05. The summed E-state index contributed by atoms with van der Waals surface area (Å²) in [6, 6.07) is 0. The number of carbonyl (C=O) groups is 1. The number of hydrogen-bond acceptors (Lipinski definition) is 5. The van der Waals surface area contributed by atoms with E-state index in [4.69, 9.17) is 0 Å². The van der Waals surface area contributed by atoms with Crippen LogP contribution in [0, 0.1) is 13.8 Å². The Bertz CT molecular complexity index is 632. The van der Waals surface area contributed by atoms with Crippen molar-refractivity contribution in [2.45, 2.75) is 20.4 Å². The van der Waals surface area contributed by atoms with Crippen LogP contribution in [0.2, 0.25) is 0 Å². The molecule has 0 bridgehead atoms. The van der Waals surface area contributed by atoms with Crippen molar-refractivity contribution in [3.05, 3.63) is 31.9 Å². The molecule has 0 radical (unpaired) electrons. The molecule has 0 N–H and O–H groups in total. The monoisotopic (exact) mass is 356 g/mol. The minimum absolute atomic E-state index is 0.0174. The Kier molecular flexibility index (Phi) is 4.72. The van der Waals surface area contributed by atoms with Gasteiger partial charge >= 0.3 is 0 Å². The van der Waals surface area contributed by atoms with Crippen LogP contribution in [-0.2, 0) is 6.54 Å². The third-order valence-electron chi connectivity index (χ3n) is 2.88. The summed E-state index contributed by atoms with van der Waals surface area (Å²) < 4.78 is 2.48. The highest BCUT2D eigenvalue weighted by Crippen LogP contribution is 2.25. The van der Waals surface area contributed by atoms with Gasteiger partial charge in [0.2, 0.25) is 5.78 Å². The van der Waals surface area contributed by atoms with Crippen LogP contribution in [0.4, 0.5) is 0 Å². The number of nitrogens with zero attached hydrogens (tertiary/aromatic N) is 4. The Morgan fingerprint density at radius 2 is 2.15 bits per heavy atom. The van der Waals surface area contributed by atoms with Gasteiger partial charge in [-0.15, -0.1) is 11.3 Å². The van der Waals surface area contributed by atoms with E-state index in [9.17, 15) is 4.79 Å². The highest BCUT2D eigenvalue weighted by molar-refractivity contribution is 9.10. The molecule has 0 saturated carbocycles. The van der Waals surface area contributed by atoms with Crippen molar-refractivity contribution in [1.82, 2.24) is 19.7 Å². The zero-order chi connectivity index (χ0) is 14.9. The molecule has 0 fully saturated rings. The fraction of sp³-hybridized carbons (Fsp3) is 0.462. The fourth-order valence-corrected chi connectivity index (χ4v) is 3.24. The SMILES string of the molecule is Cc1nc(C)c(C(=O)c2c(Br)cnn2CCN(C)C)s1. The molecule has 108 valence electrons. The lowest BCUT2D eigenvalue weighted by molar-refractivity contribution is 0.103. The maximum absolute atomic E-state index is 12.7. The van der Waals surface area contributed by atoms with Gasteiger partial charge in [-0.2, -0.15) is 5.10 Å². The van der Waals surface area contributed by atoms with Gasteiger partial charge < -0.3 is 4.90 Å². The molecule has 0 aromatic carbocycles. The first-order chi connectivity index (χ1) is 9.40. The van der Waals surface area contributed by atoms with Crippen LogP contribution in [0.25, 0.3) is 0 Å². The van der Waals surface area contributed by atoms with Crippen molar-refractivity contribution in [2.24, 2.45) is 0 Å². The lowest BCUT2D eigenvalue weighted by Crippen LogP contribution is -2.21. The van der Waals surface area contributed by atoms with Gasteiger partial charge in [-0.1, -0.05) is 0 Å². The summed E-state index contributed by atoms with van der Waals surface area (Å²) in [6.07, 6.45) is 1.67. The zero-order valence-corrected chi connectivity index (χ0v) is 14.4. The second-order valence-electron chi connectivity index (χ2n) is 4.84. The summed E-state index contributed by atoms with van der Waals surface area (Å²) in [5.74, 6) is -0.0174. The van der Waals surface area contributed by atoms with Gasteiger partial charge in [0.05, 0.1) is 32.8 Å². The minimum atomic E-state index is -0.0174. The third kappa shape index (κ3) is 3.16. The topological polar surface area (TPSA) is 51.0 Å². The molecule has 0 saturated heterocycles. The van der Waals surface area contributed by atoms with Crippen molar-refractivity contribution >= 4 is 33.0 Å². The first-order valence-electron chi connectivity index (χ1n) is 6.25.